The summed E-state index contributed by atoms with van der Waals surface area (Å²) in [4.78, 5) is 18.0. The summed E-state index contributed by atoms with van der Waals surface area (Å²) in [5.41, 5.74) is -0.230. The van der Waals surface area contributed by atoms with Gasteiger partial charge in [0, 0.05) is 45.7 Å². The number of carbonyl (C=O) groups excluding carboxylic acids is 1. The molecule has 1 aromatic rings. The van der Waals surface area contributed by atoms with E-state index in [0.717, 1.165) is 12.0 Å². The summed E-state index contributed by atoms with van der Waals surface area (Å²) in [6.07, 6.45) is 4.76. The molecule has 1 saturated heterocycles. The molecule has 1 aromatic heterocycles. The lowest BCUT2D eigenvalue weighted by molar-refractivity contribution is -0.157. The van der Waals surface area contributed by atoms with E-state index in [4.69, 9.17) is 4.74 Å². The van der Waals surface area contributed by atoms with Gasteiger partial charge in [-0.15, -0.1) is 0 Å². The van der Waals surface area contributed by atoms with Gasteiger partial charge in [0.1, 0.15) is 0 Å². The molecule has 0 aromatic carbocycles. The Morgan fingerprint density at radius 2 is 2.24 bits per heavy atom. The molecule has 2 N–H and O–H groups in total. The van der Waals surface area contributed by atoms with Gasteiger partial charge in [0.05, 0.1) is 6.61 Å². The first-order valence-corrected chi connectivity index (χ1v) is 7.26. The van der Waals surface area contributed by atoms with Crippen molar-refractivity contribution in [2.45, 2.75) is 25.0 Å². The number of carbonyl (C=O) groups is 1. The van der Waals surface area contributed by atoms with Crippen molar-refractivity contribution >= 4 is 5.91 Å². The van der Waals surface area contributed by atoms with E-state index >= 15 is 0 Å². The first-order valence-electron chi connectivity index (χ1n) is 7.26. The number of rotatable bonds is 7. The highest BCUT2D eigenvalue weighted by molar-refractivity contribution is 5.86. The molecular weight excluding hydrogens is 270 g/mol. The number of aromatic nitrogens is 1. The van der Waals surface area contributed by atoms with E-state index in [2.05, 4.69) is 10.3 Å². The Balaban J connectivity index is 1.86. The van der Waals surface area contributed by atoms with E-state index < -0.39 is 5.60 Å². The Kier molecular flexibility index (Phi) is 5.67. The molecule has 1 fully saturated rings. The first-order chi connectivity index (χ1) is 10.2. The molecule has 6 heteroatoms. The summed E-state index contributed by atoms with van der Waals surface area (Å²) in [5, 5.41) is 13.7. The zero-order valence-electron chi connectivity index (χ0n) is 12.4. The van der Waals surface area contributed by atoms with Crippen molar-refractivity contribution in [2.24, 2.45) is 0 Å². The number of piperidine rings is 1. The fourth-order valence-corrected chi connectivity index (χ4v) is 2.56. The molecule has 0 radical (unpaired) electrons. The van der Waals surface area contributed by atoms with Gasteiger partial charge in [-0.3, -0.25) is 9.78 Å². The fraction of sp³-hybridized carbons (Fsp3) is 0.600. The van der Waals surface area contributed by atoms with Crippen molar-refractivity contribution in [3.05, 3.63) is 30.1 Å². The van der Waals surface area contributed by atoms with Crippen LogP contribution < -0.4 is 5.32 Å². The lowest BCUT2D eigenvalue weighted by Gasteiger charge is -2.38. The van der Waals surface area contributed by atoms with Crippen molar-refractivity contribution in [1.82, 2.24) is 15.2 Å². The largest absolute Gasteiger partial charge is 0.383 e. The third-order valence-corrected chi connectivity index (χ3v) is 3.76. The monoisotopic (exact) mass is 293 g/mol. The van der Waals surface area contributed by atoms with Crippen LogP contribution in [-0.4, -0.2) is 59.8 Å². The van der Waals surface area contributed by atoms with Crippen LogP contribution in [0.3, 0.4) is 0 Å². The van der Waals surface area contributed by atoms with Gasteiger partial charge in [0.2, 0.25) is 0 Å². The Bertz CT molecular complexity index is 455. The lowest BCUT2D eigenvalue weighted by Crippen LogP contribution is -2.58. The molecule has 2 heterocycles. The number of hydrogen-bond acceptors (Lipinski definition) is 5. The summed E-state index contributed by atoms with van der Waals surface area (Å²) >= 11 is 0. The summed E-state index contributed by atoms with van der Waals surface area (Å²) in [7, 11) is 1.61. The second-order valence-electron chi connectivity index (χ2n) is 5.38. The van der Waals surface area contributed by atoms with Gasteiger partial charge >= 0.3 is 0 Å². The van der Waals surface area contributed by atoms with Crippen molar-refractivity contribution in [3.8, 4) is 0 Å². The molecule has 0 unspecified atom stereocenters. The molecule has 1 amide bonds. The van der Waals surface area contributed by atoms with E-state index in [0.29, 0.717) is 32.7 Å². The van der Waals surface area contributed by atoms with Gasteiger partial charge in [-0.1, -0.05) is 0 Å². The third kappa shape index (κ3) is 4.23. The number of ether oxygens (including phenoxy) is 1. The second-order valence-corrected chi connectivity index (χ2v) is 5.38. The standard InChI is InChI=1S/C15H23N3O3/c1-21-10-9-18-8-2-5-15(20,14(18)19)12-17-11-13-3-6-16-7-4-13/h3-4,6-7,17,20H,2,5,8-12H2,1H3/t15-/m0/s1. The van der Waals surface area contributed by atoms with Gasteiger partial charge in [0.25, 0.3) is 5.91 Å². The molecule has 1 aliphatic rings. The van der Waals surface area contributed by atoms with E-state index in [1.807, 2.05) is 12.1 Å². The Morgan fingerprint density at radius 3 is 2.95 bits per heavy atom. The number of nitrogens with zero attached hydrogens (tertiary/aromatic N) is 2. The van der Waals surface area contributed by atoms with Gasteiger partial charge in [-0.05, 0) is 30.5 Å². The maximum absolute atomic E-state index is 12.4. The van der Waals surface area contributed by atoms with Crippen molar-refractivity contribution in [3.63, 3.8) is 0 Å². The predicted octanol–water partition coefficient (Wildman–Crippen LogP) is 0.171. The fourth-order valence-electron chi connectivity index (χ4n) is 2.56. The zero-order valence-corrected chi connectivity index (χ0v) is 12.4. The molecule has 0 bridgehead atoms. The van der Waals surface area contributed by atoms with Crippen LogP contribution in [0.15, 0.2) is 24.5 Å². The average molecular weight is 293 g/mol. The highest BCUT2D eigenvalue weighted by Crippen LogP contribution is 2.22. The number of hydrogen-bond donors (Lipinski definition) is 2. The summed E-state index contributed by atoms with van der Waals surface area (Å²) < 4.78 is 5.00. The van der Waals surface area contributed by atoms with Crippen molar-refractivity contribution in [2.75, 3.05) is 33.4 Å². The van der Waals surface area contributed by atoms with E-state index in [1.54, 1.807) is 24.4 Å². The molecule has 6 nitrogen and oxygen atoms in total. The molecule has 2 rings (SSSR count). The summed E-state index contributed by atoms with van der Waals surface area (Å²) in [5.74, 6) is -0.201. The maximum Gasteiger partial charge on any atom is 0.255 e. The van der Waals surface area contributed by atoms with Crippen LogP contribution in [0.4, 0.5) is 0 Å². The molecule has 21 heavy (non-hydrogen) atoms. The second kappa shape index (κ2) is 7.49. The van der Waals surface area contributed by atoms with E-state index in [-0.39, 0.29) is 12.5 Å². The first kappa shape index (κ1) is 15.9. The van der Waals surface area contributed by atoms with Crippen LogP contribution in [-0.2, 0) is 16.1 Å². The zero-order chi connectivity index (χ0) is 15.1. The number of pyridine rings is 1. The number of likely N-dealkylation sites (tertiary alicyclic amines) is 1. The van der Waals surface area contributed by atoms with Crippen LogP contribution in [0.1, 0.15) is 18.4 Å². The number of amides is 1. The minimum absolute atomic E-state index is 0.201. The van der Waals surface area contributed by atoms with Gasteiger partial charge < -0.3 is 20.1 Å². The number of nitrogens with one attached hydrogen (secondary N) is 1. The Morgan fingerprint density at radius 1 is 1.48 bits per heavy atom. The molecule has 116 valence electrons. The number of methoxy groups -OCH3 is 1. The number of aliphatic hydroxyl groups is 1. The summed E-state index contributed by atoms with van der Waals surface area (Å²) in [6.45, 7) is 2.58. The van der Waals surface area contributed by atoms with Gasteiger partial charge in [-0.25, -0.2) is 0 Å². The highest BCUT2D eigenvalue weighted by atomic mass is 16.5. The van der Waals surface area contributed by atoms with E-state index in [9.17, 15) is 9.90 Å². The predicted molar refractivity (Wildman–Crippen MR) is 78.6 cm³/mol. The van der Waals surface area contributed by atoms with Crippen LogP contribution in [0.25, 0.3) is 0 Å². The normalized spacial score (nSPS) is 22.6. The Labute approximate surface area is 125 Å². The molecule has 1 atom stereocenters. The highest BCUT2D eigenvalue weighted by Gasteiger charge is 2.41. The Hall–Kier alpha value is -1.50. The molecular formula is C15H23N3O3. The van der Waals surface area contributed by atoms with E-state index in [1.165, 1.54) is 0 Å². The topological polar surface area (TPSA) is 74.7 Å². The minimum Gasteiger partial charge on any atom is -0.383 e. The molecule has 0 spiro atoms. The van der Waals surface area contributed by atoms with Crippen LogP contribution in [0.5, 0.6) is 0 Å². The lowest BCUT2D eigenvalue weighted by atomic mass is 9.91. The minimum atomic E-state index is -1.31. The average Bonchev–Trinajstić information content (AvgIpc) is 2.50. The van der Waals surface area contributed by atoms with Crippen LogP contribution >= 0.6 is 0 Å². The van der Waals surface area contributed by atoms with Crippen molar-refractivity contribution in [1.29, 1.82) is 0 Å². The summed E-state index contributed by atoms with van der Waals surface area (Å²) in [6, 6.07) is 3.81. The van der Waals surface area contributed by atoms with Crippen molar-refractivity contribution < 1.29 is 14.6 Å². The molecule has 0 aliphatic carbocycles. The van der Waals surface area contributed by atoms with Gasteiger partial charge in [0.15, 0.2) is 5.60 Å². The van der Waals surface area contributed by atoms with Crippen LogP contribution in [0, 0.1) is 0 Å². The smallest absolute Gasteiger partial charge is 0.255 e. The van der Waals surface area contributed by atoms with Crippen LogP contribution in [0.2, 0.25) is 0 Å². The maximum atomic E-state index is 12.4. The van der Waals surface area contributed by atoms with Gasteiger partial charge in [-0.2, -0.15) is 0 Å². The quantitative estimate of drug-likeness (QED) is 0.750. The molecule has 0 saturated carbocycles. The SMILES string of the molecule is COCCN1CCC[C@](O)(CNCc2ccncc2)C1=O. The third-order valence-electron chi connectivity index (χ3n) is 3.76. The molecule has 1 aliphatic heterocycles.